The van der Waals surface area contributed by atoms with Crippen LogP contribution in [0.1, 0.15) is 85.7 Å². The van der Waals surface area contributed by atoms with Gasteiger partial charge in [0.25, 0.3) is 11.8 Å². The van der Waals surface area contributed by atoms with Gasteiger partial charge in [-0.1, -0.05) is 29.8 Å². The molecule has 1 saturated heterocycles. The number of hydrogen-bond donors (Lipinski definition) is 2. The van der Waals surface area contributed by atoms with Crippen LogP contribution >= 0.6 is 34.7 Å². The summed E-state index contributed by atoms with van der Waals surface area (Å²) in [5.41, 5.74) is 4.27. The Kier molecular flexibility index (Phi) is 9.18. The van der Waals surface area contributed by atoms with E-state index in [9.17, 15) is 24.0 Å². The monoisotopic (exact) mass is 729 g/mol. The summed E-state index contributed by atoms with van der Waals surface area (Å²) < 4.78 is 2.01. The van der Waals surface area contributed by atoms with E-state index < -0.39 is 35.7 Å². The van der Waals surface area contributed by atoms with Gasteiger partial charge in [0.15, 0.2) is 5.82 Å². The van der Waals surface area contributed by atoms with E-state index in [2.05, 4.69) is 34.7 Å². The largest absolute Gasteiger partial charge is 0.356 e. The van der Waals surface area contributed by atoms with Crippen molar-refractivity contribution in [2.24, 2.45) is 4.99 Å². The van der Waals surface area contributed by atoms with Crippen LogP contribution in [0.2, 0.25) is 5.02 Å². The van der Waals surface area contributed by atoms with E-state index in [1.807, 2.05) is 35.8 Å². The van der Waals surface area contributed by atoms with Gasteiger partial charge in [0.2, 0.25) is 17.7 Å². The normalized spacial score (nSPS) is 18.3. The minimum absolute atomic E-state index is 0.0578. The number of piperidine rings is 1. The van der Waals surface area contributed by atoms with E-state index in [1.165, 1.54) is 11.8 Å². The molecule has 2 aromatic heterocycles. The van der Waals surface area contributed by atoms with Crippen LogP contribution in [-0.2, 0) is 14.4 Å². The zero-order chi connectivity index (χ0) is 35.3. The molecule has 2 aromatic carbocycles. The van der Waals surface area contributed by atoms with Gasteiger partial charge >= 0.3 is 0 Å². The lowest BCUT2D eigenvalue weighted by atomic mass is 9.99. The van der Waals surface area contributed by atoms with Crippen molar-refractivity contribution < 1.29 is 24.0 Å². The molecule has 0 bridgehead atoms. The van der Waals surface area contributed by atoms with E-state index in [4.69, 9.17) is 16.6 Å². The second kappa shape index (κ2) is 13.6. The number of aryl methyl sites for hydroxylation is 2. The maximum Gasteiger partial charge on any atom is 0.263 e. The third kappa shape index (κ3) is 6.05. The van der Waals surface area contributed by atoms with Crippen molar-refractivity contribution in [1.82, 2.24) is 30.3 Å². The third-order valence-corrected chi connectivity index (χ3v) is 11.7. The number of nitrogens with one attached hydrogen (secondary N) is 2. The first-order valence-corrected chi connectivity index (χ1v) is 18.3. The van der Waals surface area contributed by atoms with Gasteiger partial charge in [0.05, 0.1) is 23.3 Å². The number of thioether (sulfide) groups is 1. The summed E-state index contributed by atoms with van der Waals surface area (Å²) in [6.07, 6.45) is 0.809. The molecule has 3 aliphatic heterocycles. The quantitative estimate of drug-likeness (QED) is 0.140. The molecular formula is C35H32ClN7O5S2. The van der Waals surface area contributed by atoms with Gasteiger partial charge in [-0.2, -0.15) is 0 Å². The molecule has 50 heavy (non-hydrogen) atoms. The number of amides is 5. The molecule has 5 heterocycles. The number of thiophene rings is 1. The van der Waals surface area contributed by atoms with Gasteiger partial charge in [-0.15, -0.1) is 33.3 Å². The summed E-state index contributed by atoms with van der Waals surface area (Å²) in [6.45, 7) is 6.43. The predicted molar refractivity (Wildman–Crippen MR) is 189 cm³/mol. The molecule has 0 aliphatic carbocycles. The van der Waals surface area contributed by atoms with Gasteiger partial charge in [0.1, 0.15) is 22.9 Å². The zero-order valence-electron chi connectivity index (χ0n) is 27.4. The molecule has 4 aromatic rings. The average Bonchev–Trinajstić information content (AvgIpc) is 3.66. The number of halogens is 1. The lowest BCUT2D eigenvalue weighted by molar-refractivity contribution is -0.136. The average molecular weight is 730 g/mol. The lowest BCUT2D eigenvalue weighted by Crippen LogP contribution is -2.54. The fourth-order valence-corrected chi connectivity index (χ4v) is 8.83. The van der Waals surface area contributed by atoms with Crippen molar-refractivity contribution in [2.75, 3.05) is 12.3 Å². The number of carbonyl (C=O) groups is 5. The Balaban J connectivity index is 1.02. The molecule has 256 valence electrons. The van der Waals surface area contributed by atoms with Gasteiger partial charge in [-0.25, -0.2) is 0 Å². The molecule has 2 N–H and O–H groups in total. The summed E-state index contributed by atoms with van der Waals surface area (Å²) in [7, 11) is 0. The number of carbonyl (C=O) groups excluding carboxylic acids is 5. The maximum atomic E-state index is 13.4. The molecule has 2 atom stereocenters. The van der Waals surface area contributed by atoms with Gasteiger partial charge in [0, 0.05) is 38.9 Å². The molecule has 3 aliphatic rings. The molecule has 0 radical (unpaired) electrons. The van der Waals surface area contributed by atoms with Crippen molar-refractivity contribution in [3.05, 3.63) is 91.8 Å². The standard InChI is InChI=1S/C35H32ClN7O5S2/c1-17-18(2)50-35-28(17)30(20-8-10-21(36)11-9-20)38-23(31-41-40-19(3)42(31)35)16-27(45)37-14-5-15-49-25-7-4-6-22-29(25)34(48)43(33(22)47)24-12-13-26(44)39-32(24)46/h4,6-11,23-24H,5,12-16H2,1-3H3,(H,37,45)(H,39,44,46)/t23-,24?/m0/s1. The van der Waals surface area contributed by atoms with Crippen LogP contribution in [0.5, 0.6) is 0 Å². The Bertz CT molecular complexity index is 2120. The molecular weight excluding hydrogens is 698 g/mol. The Morgan fingerprint density at radius 2 is 1.82 bits per heavy atom. The second-order valence-corrected chi connectivity index (χ2v) is 15.1. The number of rotatable bonds is 9. The number of imide groups is 2. The highest BCUT2D eigenvalue weighted by atomic mass is 35.5. The van der Waals surface area contributed by atoms with Crippen molar-refractivity contribution in [1.29, 1.82) is 0 Å². The van der Waals surface area contributed by atoms with Crippen molar-refractivity contribution in [3.63, 3.8) is 0 Å². The predicted octanol–water partition coefficient (Wildman–Crippen LogP) is 4.89. The first-order valence-electron chi connectivity index (χ1n) is 16.1. The van der Waals surface area contributed by atoms with Crippen LogP contribution in [0.25, 0.3) is 5.00 Å². The molecule has 1 fully saturated rings. The van der Waals surface area contributed by atoms with Crippen LogP contribution in [0.3, 0.4) is 0 Å². The van der Waals surface area contributed by atoms with Gasteiger partial charge < -0.3 is 5.32 Å². The highest BCUT2D eigenvalue weighted by Gasteiger charge is 2.45. The first-order chi connectivity index (χ1) is 24.0. The van der Waals surface area contributed by atoms with Crippen LogP contribution in [0.4, 0.5) is 0 Å². The third-order valence-electron chi connectivity index (χ3n) is 9.07. The Hall–Kier alpha value is -4.66. The van der Waals surface area contributed by atoms with Crippen molar-refractivity contribution in [3.8, 4) is 5.00 Å². The summed E-state index contributed by atoms with van der Waals surface area (Å²) in [5, 5.41) is 15.6. The van der Waals surface area contributed by atoms with Crippen LogP contribution in [0.15, 0.2) is 52.4 Å². The second-order valence-electron chi connectivity index (χ2n) is 12.3. The topological polar surface area (TPSA) is 156 Å². The number of fused-ring (bicyclic) bond motifs is 4. The van der Waals surface area contributed by atoms with Crippen LogP contribution in [0, 0.1) is 20.8 Å². The summed E-state index contributed by atoms with van der Waals surface area (Å²) >= 11 is 9.26. The van der Waals surface area contributed by atoms with E-state index >= 15 is 0 Å². The van der Waals surface area contributed by atoms with Gasteiger partial charge in [-0.3, -0.25) is 43.7 Å². The van der Waals surface area contributed by atoms with Crippen molar-refractivity contribution >= 4 is 69.9 Å². The number of aliphatic imine (C=N–C) groups is 1. The zero-order valence-corrected chi connectivity index (χ0v) is 29.8. The SMILES string of the molecule is Cc1sc2c(c1C)C(c1ccc(Cl)cc1)=N[C@@H](CC(=O)NCCCSc1cccc3c1C(=O)N(C1CCC(=O)NC1=O)C3=O)c1nnc(C)n1-2. The highest BCUT2D eigenvalue weighted by Crippen LogP contribution is 2.40. The van der Waals surface area contributed by atoms with Gasteiger partial charge in [-0.05, 0) is 69.2 Å². The molecule has 0 saturated carbocycles. The summed E-state index contributed by atoms with van der Waals surface area (Å²) in [6, 6.07) is 11.0. The minimum atomic E-state index is -1.02. The van der Waals surface area contributed by atoms with Crippen LogP contribution in [-0.4, -0.2) is 73.3 Å². The number of nitrogens with zero attached hydrogens (tertiary/aromatic N) is 5. The van der Waals surface area contributed by atoms with E-state index in [0.29, 0.717) is 40.3 Å². The molecule has 15 heteroatoms. The van der Waals surface area contributed by atoms with E-state index in [-0.39, 0.29) is 36.3 Å². The smallest absolute Gasteiger partial charge is 0.263 e. The van der Waals surface area contributed by atoms with Crippen LogP contribution < -0.4 is 10.6 Å². The van der Waals surface area contributed by atoms with E-state index in [1.54, 1.807) is 29.5 Å². The number of benzene rings is 2. The Morgan fingerprint density at radius 1 is 1.04 bits per heavy atom. The Morgan fingerprint density at radius 3 is 2.58 bits per heavy atom. The molecule has 0 spiro atoms. The summed E-state index contributed by atoms with van der Waals surface area (Å²) in [4.78, 5) is 71.9. The molecule has 5 amide bonds. The number of hydrogen-bond acceptors (Lipinski definition) is 10. The number of aromatic nitrogens is 3. The molecule has 1 unspecified atom stereocenters. The summed E-state index contributed by atoms with van der Waals surface area (Å²) in [5.74, 6) is -0.462. The van der Waals surface area contributed by atoms with Crippen molar-refractivity contribution in [2.45, 2.75) is 63.4 Å². The first kappa shape index (κ1) is 33.8. The minimum Gasteiger partial charge on any atom is -0.356 e. The van der Waals surface area contributed by atoms with E-state index in [0.717, 1.165) is 37.2 Å². The fraction of sp³-hybridized carbons (Fsp3) is 0.314. The molecule has 12 nitrogen and oxygen atoms in total. The maximum absolute atomic E-state index is 13.4. The Labute approximate surface area is 300 Å². The molecule has 7 rings (SSSR count). The fourth-order valence-electron chi connectivity index (χ4n) is 6.47. The highest BCUT2D eigenvalue weighted by molar-refractivity contribution is 7.99. The lowest BCUT2D eigenvalue weighted by Gasteiger charge is -2.27.